The van der Waals surface area contributed by atoms with E-state index >= 15 is 0 Å². The van der Waals surface area contributed by atoms with Crippen LogP contribution in [0.1, 0.15) is 61.6 Å². The highest BCUT2D eigenvalue weighted by Crippen LogP contribution is 2.38. The number of esters is 1. The van der Waals surface area contributed by atoms with Gasteiger partial charge in [0.25, 0.3) is 5.91 Å². The fourth-order valence-corrected chi connectivity index (χ4v) is 4.74. The van der Waals surface area contributed by atoms with E-state index in [0.29, 0.717) is 29.2 Å². The molecule has 0 fully saturated rings. The minimum Gasteiger partial charge on any atom is -0.491 e. The maximum atomic E-state index is 14.0. The van der Waals surface area contributed by atoms with Gasteiger partial charge in [-0.2, -0.15) is 0 Å². The first kappa shape index (κ1) is 32.6. The van der Waals surface area contributed by atoms with Gasteiger partial charge in [0, 0.05) is 38.8 Å². The summed E-state index contributed by atoms with van der Waals surface area (Å²) in [6.07, 6.45) is 0.817. The third-order valence-electron chi connectivity index (χ3n) is 6.81. The second kappa shape index (κ2) is 14.3. The summed E-state index contributed by atoms with van der Waals surface area (Å²) in [5, 5.41) is 9.91. The molecule has 0 aliphatic heterocycles. The Labute approximate surface area is 251 Å². The molecule has 0 saturated heterocycles. The highest BCUT2D eigenvalue weighted by atomic mass is 35.5. The van der Waals surface area contributed by atoms with Crippen molar-refractivity contribution in [3.63, 3.8) is 0 Å². The topological polar surface area (TPSA) is 114 Å². The normalized spacial score (nSPS) is 12.5. The lowest BCUT2D eigenvalue weighted by Crippen LogP contribution is -2.39. The minimum absolute atomic E-state index is 0.0833. The predicted molar refractivity (Wildman–Crippen MR) is 161 cm³/mol. The van der Waals surface area contributed by atoms with Gasteiger partial charge in [0.1, 0.15) is 17.0 Å². The highest BCUT2D eigenvalue weighted by Gasteiger charge is 2.45. The smallest absolute Gasteiger partial charge is 0.324 e. The van der Waals surface area contributed by atoms with E-state index in [-0.39, 0.29) is 49.7 Å². The zero-order valence-corrected chi connectivity index (χ0v) is 25.7. The number of carbonyl (C=O) groups is 3. The van der Waals surface area contributed by atoms with E-state index in [0.717, 1.165) is 5.56 Å². The summed E-state index contributed by atoms with van der Waals surface area (Å²) in [6.45, 7) is 7.64. The number of aliphatic hydroxyl groups excluding tert-OH is 1. The summed E-state index contributed by atoms with van der Waals surface area (Å²) in [5.41, 5.74) is -0.0811. The number of hydrogen-bond donors (Lipinski definition) is 1. The molecule has 1 atom stereocenters. The average Bonchev–Trinajstić information content (AvgIpc) is 3.34. The Morgan fingerprint density at radius 2 is 1.86 bits per heavy atom. The van der Waals surface area contributed by atoms with Gasteiger partial charge in [-0.3, -0.25) is 14.4 Å². The fourth-order valence-electron chi connectivity index (χ4n) is 4.61. The van der Waals surface area contributed by atoms with Crippen molar-refractivity contribution in [2.24, 2.45) is 0 Å². The molecule has 10 nitrogen and oxygen atoms in total. The predicted octanol–water partition coefficient (Wildman–Crippen LogP) is 4.29. The van der Waals surface area contributed by atoms with Crippen LogP contribution in [0.5, 0.6) is 5.75 Å². The van der Waals surface area contributed by atoms with Gasteiger partial charge < -0.3 is 28.9 Å². The van der Waals surface area contributed by atoms with Gasteiger partial charge in [0.15, 0.2) is 11.5 Å². The molecule has 0 aliphatic rings. The Bertz CT molecular complexity index is 1390. The number of anilines is 1. The van der Waals surface area contributed by atoms with Crippen molar-refractivity contribution in [3.8, 4) is 5.75 Å². The van der Waals surface area contributed by atoms with Crippen LogP contribution in [0.2, 0.25) is 5.02 Å². The van der Waals surface area contributed by atoms with Crippen molar-refractivity contribution >= 4 is 35.7 Å². The van der Waals surface area contributed by atoms with Crippen molar-refractivity contribution in [3.05, 3.63) is 76.2 Å². The molecule has 0 bridgehead atoms. The van der Waals surface area contributed by atoms with Crippen LogP contribution in [0.25, 0.3) is 0 Å². The number of carbonyl (C=O) groups excluding carboxylic acids is 3. The Morgan fingerprint density at radius 1 is 1.17 bits per heavy atom. The number of rotatable bonds is 14. The number of aromatic nitrogens is 2. The van der Waals surface area contributed by atoms with Gasteiger partial charge >= 0.3 is 5.97 Å². The molecular weight excluding hydrogens is 560 g/mol. The SMILES string of the molecule is CCOC(=O)C(C)(c1cccc(OC(C)C)c1)c1nc(N(C)C=O)c(C(=O)N(C)CCCO)n1Cc1ccc(Cl)cc1. The largest absolute Gasteiger partial charge is 0.491 e. The molecule has 1 heterocycles. The number of nitrogens with zero attached hydrogens (tertiary/aromatic N) is 4. The van der Waals surface area contributed by atoms with Crippen LogP contribution in [0.4, 0.5) is 5.82 Å². The summed E-state index contributed by atoms with van der Waals surface area (Å²) in [5.74, 6) is -0.163. The maximum Gasteiger partial charge on any atom is 0.324 e. The quantitative estimate of drug-likeness (QED) is 0.217. The Hall–Kier alpha value is -3.89. The molecule has 3 rings (SSSR count). The van der Waals surface area contributed by atoms with Crippen molar-refractivity contribution in [1.29, 1.82) is 0 Å². The average molecular weight is 599 g/mol. The van der Waals surface area contributed by atoms with Gasteiger partial charge in [-0.25, -0.2) is 4.98 Å². The Balaban J connectivity index is 2.40. The van der Waals surface area contributed by atoms with E-state index in [1.807, 2.05) is 26.0 Å². The van der Waals surface area contributed by atoms with Crippen LogP contribution in [-0.4, -0.2) is 77.8 Å². The van der Waals surface area contributed by atoms with Crippen LogP contribution < -0.4 is 9.64 Å². The highest BCUT2D eigenvalue weighted by molar-refractivity contribution is 6.30. The van der Waals surface area contributed by atoms with Crippen LogP contribution in [0, 0.1) is 0 Å². The van der Waals surface area contributed by atoms with E-state index in [2.05, 4.69) is 0 Å². The van der Waals surface area contributed by atoms with E-state index in [9.17, 15) is 19.5 Å². The summed E-state index contributed by atoms with van der Waals surface area (Å²) in [4.78, 5) is 47.4. The van der Waals surface area contributed by atoms with Crippen LogP contribution in [-0.2, 0) is 26.3 Å². The molecule has 0 aliphatic carbocycles. The molecule has 2 amide bonds. The number of hydrogen-bond acceptors (Lipinski definition) is 7. The molecular formula is C31H39ClN4O6. The van der Waals surface area contributed by atoms with Gasteiger partial charge in [-0.05, 0) is 69.5 Å². The third-order valence-corrected chi connectivity index (χ3v) is 7.06. The summed E-state index contributed by atoms with van der Waals surface area (Å²) >= 11 is 6.14. The Morgan fingerprint density at radius 3 is 2.45 bits per heavy atom. The summed E-state index contributed by atoms with van der Waals surface area (Å²) in [6, 6.07) is 14.2. The maximum absolute atomic E-state index is 14.0. The van der Waals surface area contributed by atoms with Crippen LogP contribution in [0.3, 0.4) is 0 Å². The Kier molecular flexibility index (Phi) is 11.1. The van der Waals surface area contributed by atoms with Gasteiger partial charge in [-0.15, -0.1) is 0 Å². The molecule has 0 radical (unpaired) electrons. The lowest BCUT2D eigenvalue weighted by molar-refractivity contribution is -0.148. The molecule has 1 aromatic heterocycles. The van der Waals surface area contributed by atoms with Crippen molar-refractivity contribution in [2.75, 3.05) is 38.8 Å². The van der Waals surface area contributed by atoms with Crippen LogP contribution >= 0.6 is 11.6 Å². The minimum atomic E-state index is -1.51. The lowest BCUT2D eigenvalue weighted by atomic mass is 9.81. The van der Waals surface area contributed by atoms with Crippen molar-refractivity contribution < 1.29 is 29.0 Å². The van der Waals surface area contributed by atoms with Crippen LogP contribution in [0.15, 0.2) is 48.5 Å². The number of aliphatic hydroxyl groups is 1. The first-order chi connectivity index (χ1) is 20.0. The molecule has 42 heavy (non-hydrogen) atoms. The molecule has 11 heteroatoms. The number of ether oxygens (including phenoxy) is 2. The lowest BCUT2D eigenvalue weighted by Gasteiger charge is -2.29. The summed E-state index contributed by atoms with van der Waals surface area (Å²) < 4.78 is 13.2. The van der Waals surface area contributed by atoms with E-state index < -0.39 is 17.3 Å². The van der Waals surface area contributed by atoms with Gasteiger partial charge in [0.2, 0.25) is 6.41 Å². The monoisotopic (exact) mass is 598 g/mol. The van der Waals surface area contributed by atoms with E-state index in [1.165, 1.54) is 16.8 Å². The van der Waals surface area contributed by atoms with Gasteiger partial charge in [0.05, 0.1) is 12.7 Å². The van der Waals surface area contributed by atoms with E-state index in [1.54, 1.807) is 61.9 Å². The zero-order chi connectivity index (χ0) is 31.0. The fraction of sp³-hybridized carbons (Fsp3) is 0.419. The first-order valence-electron chi connectivity index (χ1n) is 13.8. The molecule has 1 N–H and O–H groups in total. The van der Waals surface area contributed by atoms with Gasteiger partial charge in [-0.1, -0.05) is 35.9 Å². The molecule has 3 aromatic rings. The van der Waals surface area contributed by atoms with Crippen molar-refractivity contribution in [2.45, 2.75) is 52.2 Å². The molecule has 226 valence electrons. The molecule has 0 saturated carbocycles. The number of amides is 2. The molecule has 0 spiro atoms. The van der Waals surface area contributed by atoms with Crippen molar-refractivity contribution in [1.82, 2.24) is 14.5 Å². The second-order valence-electron chi connectivity index (χ2n) is 10.4. The number of benzene rings is 2. The number of halogens is 1. The summed E-state index contributed by atoms with van der Waals surface area (Å²) in [7, 11) is 3.11. The second-order valence-corrected chi connectivity index (χ2v) is 10.8. The van der Waals surface area contributed by atoms with E-state index in [4.69, 9.17) is 26.1 Å². The first-order valence-corrected chi connectivity index (χ1v) is 14.2. The third kappa shape index (κ3) is 7.11. The standard InChI is InChI=1S/C31H39ClN4O6/c1-7-41-30(40)31(4,23-10-8-11-25(18-23)42-21(2)3)29-33-27(35(6)20-38)26(28(39)34(5)16-9-17-37)36(29)19-22-12-14-24(32)15-13-22/h8,10-15,18,20-21,37H,7,9,16-17,19H2,1-6H3. The molecule has 2 aromatic carbocycles. The zero-order valence-electron chi connectivity index (χ0n) is 25.0. The molecule has 1 unspecified atom stereocenters. The number of imidazole rings is 1.